The fraction of sp³-hybridized carbons (Fsp3) is 0.222. The van der Waals surface area contributed by atoms with Gasteiger partial charge in [0.25, 0.3) is 0 Å². The summed E-state index contributed by atoms with van der Waals surface area (Å²) in [6, 6.07) is 3.34. The molecule has 6 heteroatoms. The Labute approximate surface area is 85.5 Å². The number of nitrogens with zero attached hydrogens (tertiary/aromatic N) is 3. The van der Waals surface area contributed by atoms with Crippen LogP contribution in [-0.4, -0.2) is 14.3 Å². The Kier molecular flexibility index (Phi) is 2.03. The smallest absolute Gasteiger partial charge is 0.351 e. The van der Waals surface area contributed by atoms with E-state index >= 15 is 0 Å². The Morgan fingerprint density at radius 1 is 1.67 bits per heavy atom. The van der Waals surface area contributed by atoms with Crippen molar-refractivity contribution in [3.63, 3.8) is 0 Å². The van der Waals surface area contributed by atoms with Crippen LogP contribution in [-0.2, 0) is 6.42 Å². The summed E-state index contributed by atoms with van der Waals surface area (Å²) in [5, 5.41) is 10.9. The van der Waals surface area contributed by atoms with E-state index < -0.39 is 4.92 Å². The predicted molar refractivity (Wildman–Crippen MR) is 55.6 cm³/mol. The highest BCUT2D eigenvalue weighted by atomic mass is 16.6. The Morgan fingerprint density at radius 2 is 2.40 bits per heavy atom. The van der Waals surface area contributed by atoms with Crippen LogP contribution in [0.15, 0.2) is 18.3 Å². The molecule has 2 rings (SSSR count). The van der Waals surface area contributed by atoms with Gasteiger partial charge in [-0.05, 0) is 23.5 Å². The first-order chi connectivity index (χ1) is 7.15. The molecular weight excluding hydrogens is 196 g/mol. The molecule has 0 amide bonds. The van der Waals surface area contributed by atoms with Gasteiger partial charge in [-0.3, -0.25) is 0 Å². The van der Waals surface area contributed by atoms with Gasteiger partial charge in [0.2, 0.25) is 5.65 Å². The standard InChI is InChI=1S/C9H10N4O2/c1-2-7-9(13(14)15)12-5-3-4-6(10)8(12)11-7/h3-5H,2,10H2,1H3. The van der Waals surface area contributed by atoms with Crippen LogP contribution in [0.5, 0.6) is 0 Å². The third kappa shape index (κ3) is 1.30. The van der Waals surface area contributed by atoms with Crippen molar-refractivity contribution >= 4 is 17.2 Å². The van der Waals surface area contributed by atoms with E-state index in [0.29, 0.717) is 23.4 Å². The van der Waals surface area contributed by atoms with Crippen LogP contribution < -0.4 is 5.73 Å². The number of fused-ring (bicyclic) bond motifs is 1. The predicted octanol–water partition coefficient (Wildman–Crippen LogP) is 1.39. The Morgan fingerprint density at radius 3 is 3.00 bits per heavy atom. The summed E-state index contributed by atoms with van der Waals surface area (Å²) in [6.45, 7) is 1.82. The molecule has 0 bridgehead atoms. The zero-order valence-corrected chi connectivity index (χ0v) is 8.17. The maximum absolute atomic E-state index is 10.9. The molecule has 2 N–H and O–H groups in total. The van der Waals surface area contributed by atoms with E-state index in [-0.39, 0.29) is 5.82 Å². The number of aromatic nitrogens is 2. The largest absolute Gasteiger partial charge is 0.394 e. The van der Waals surface area contributed by atoms with Gasteiger partial charge >= 0.3 is 5.82 Å². The van der Waals surface area contributed by atoms with Gasteiger partial charge in [0.05, 0.1) is 6.20 Å². The molecule has 0 saturated carbocycles. The molecule has 0 spiro atoms. The molecule has 0 aliphatic rings. The average Bonchev–Trinajstić information content (AvgIpc) is 2.57. The van der Waals surface area contributed by atoms with Gasteiger partial charge in [0.15, 0.2) is 0 Å². The summed E-state index contributed by atoms with van der Waals surface area (Å²) >= 11 is 0. The third-order valence-electron chi connectivity index (χ3n) is 2.23. The molecule has 78 valence electrons. The van der Waals surface area contributed by atoms with Crippen molar-refractivity contribution in [3.8, 4) is 0 Å². The maximum Gasteiger partial charge on any atom is 0.351 e. The van der Waals surface area contributed by atoms with E-state index in [4.69, 9.17) is 5.73 Å². The fourth-order valence-electron chi connectivity index (χ4n) is 1.55. The van der Waals surface area contributed by atoms with Gasteiger partial charge in [-0.2, -0.15) is 4.40 Å². The first-order valence-electron chi connectivity index (χ1n) is 4.55. The lowest BCUT2D eigenvalue weighted by molar-refractivity contribution is -0.391. The molecular formula is C9H10N4O2. The summed E-state index contributed by atoms with van der Waals surface area (Å²) < 4.78 is 1.41. The second-order valence-electron chi connectivity index (χ2n) is 3.15. The van der Waals surface area contributed by atoms with Crippen LogP contribution in [0.2, 0.25) is 0 Å². The second-order valence-corrected chi connectivity index (χ2v) is 3.15. The zero-order chi connectivity index (χ0) is 11.0. The quantitative estimate of drug-likeness (QED) is 0.594. The topological polar surface area (TPSA) is 86.5 Å². The molecule has 2 aromatic rings. The molecule has 0 atom stereocenters. The molecule has 0 aliphatic heterocycles. The number of nitrogen functional groups attached to an aromatic ring is 1. The number of hydrogen-bond donors (Lipinski definition) is 1. The number of rotatable bonds is 2. The molecule has 0 unspecified atom stereocenters. The van der Waals surface area contributed by atoms with Crippen LogP contribution >= 0.6 is 0 Å². The number of imidazole rings is 1. The Bertz CT molecular complexity index is 532. The van der Waals surface area contributed by atoms with Gasteiger partial charge in [-0.15, -0.1) is 0 Å². The summed E-state index contributed by atoms with van der Waals surface area (Å²) in [5.41, 5.74) is 7.03. The van der Waals surface area contributed by atoms with Crippen LogP contribution in [0, 0.1) is 10.1 Å². The van der Waals surface area contributed by atoms with Crippen molar-refractivity contribution in [3.05, 3.63) is 34.1 Å². The van der Waals surface area contributed by atoms with Gasteiger partial charge < -0.3 is 15.8 Å². The van der Waals surface area contributed by atoms with E-state index in [1.165, 1.54) is 4.40 Å². The lowest BCUT2D eigenvalue weighted by atomic mass is 10.3. The highest BCUT2D eigenvalue weighted by Gasteiger charge is 2.21. The van der Waals surface area contributed by atoms with Crippen LogP contribution in [0.25, 0.3) is 5.65 Å². The minimum absolute atomic E-state index is 0.000185. The highest BCUT2D eigenvalue weighted by Crippen LogP contribution is 2.23. The van der Waals surface area contributed by atoms with E-state index in [0.717, 1.165) is 0 Å². The van der Waals surface area contributed by atoms with Crippen molar-refractivity contribution in [1.29, 1.82) is 0 Å². The van der Waals surface area contributed by atoms with Crippen molar-refractivity contribution in [1.82, 2.24) is 9.38 Å². The first-order valence-corrected chi connectivity index (χ1v) is 4.55. The number of anilines is 1. The van der Waals surface area contributed by atoms with Crippen LogP contribution in [0.3, 0.4) is 0 Å². The lowest BCUT2D eigenvalue weighted by Crippen LogP contribution is -1.97. The summed E-state index contributed by atoms with van der Waals surface area (Å²) in [4.78, 5) is 14.6. The van der Waals surface area contributed by atoms with Crippen molar-refractivity contribution in [2.24, 2.45) is 0 Å². The molecule has 15 heavy (non-hydrogen) atoms. The van der Waals surface area contributed by atoms with Gasteiger partial charge in [-0.25, -0.2) is 4.98 Å². The minimum atomic E-state index is -0.432. The highest BCUT2D eigenvalue weighted by molar-refractivity contribution is 5.67. The number of nitrogens with two attached hydrogens (primary N) is 1. The first kappa shape index (κ1) is 9.45. The van der Waals surface area contributed by atoms with Crippen molar-refractivity contribution < 1.29 is 4.92 Å². The summed E-state index contributed by atoms with van der Waals surface area (Å²) in [5.74, 6) is -0.000185. The monoisotopic (exact) mass is 206 g/mol. The number of hydrogen-bond acceptors (Lipinski definition) is 4. The Hall–Kier alpha value is -2.11. The summed E-state index contributed by atoms with van der Waals surface area (Å²) in [7, 11) is 0. The third-order valence-corrected chi connectivity index (χ3v) is 2.23. The van der Waals surface area contributed by atoms with Gasteiger partial charge in [-0.1, -0.05) is 6.92 Å². The van der Waals surface area contributed by atoms with E-state index in [1.807, 2.05) is 6.92 Å². The molecule has 0 aromatic carbocycles. The normalized spacial score (nSPS) is 10.7. The molecule has 0 fully saturated rings. The lowest BCUT2D eigenvalue weighted by Gasteiger charge is -1.95. The van der Waals surface area contributed by atoms with Crippen LogP contribution in [0.1, 0.15) is 12.6 Å². The van der Waals surface area contributed by atoms with Gasteiger partial charge in [0.1, 0.15) is 11.4 Å². The SMILES string of the molecule is CCc1nc2c(N)cccn2c1[N+](=O)[O-]. The molecule has 0 radical (unpaired) electrons. The maximum atomic E-state index is 10.9. The number of pyridine rings is 1. The second kappa shape index (κ2) is 3.23. The summed E-state index contributed by atoms with van der Waals surface area (Å²) in [6.07, 6.45) is 2.10. The Balaban J connectivity index is 2.86. The molecule has 0 saturated heterocycles. The fourth-order valence-corrected chi connectivity index (χ4v) is 1.55. The zero-order valence-electron chi connectivity index (χ0n) is 8.17. The van der Waals surface area contributed by atoms with E-state index in [1.54, 1.807) is 18.3 Å². The van der Waals surface area contributed by atoms with E-state index in [2.05, 4.69) is 4.98 Å². The minimum Gasteiger partial charge on any atom is -0.394 e. The molecule has 0 aliphatic carbocycles. The number of nitro groups is 1. The average molecular weight is 206 g/mol. The molecule has 2 aromatic heterocycles. The van der Waals surface area contributed by atoms with Crippen molar-refractivity contribution in [2.75, 3.05) is 5.73 Å². The van der Waals surface area contributed by atoms with E-state index in [9.17, 15) is 10.1 Å². The van der Waals surface area contributed by atoms with Crippen LogP contribution in [0.4, 0.5) is 11.5 Å². The molecule has 2 heterocycles. The van der Waals surface area contributed by atoms with Gasteiger partial charge in [0, 0.05) is 0 Å². The molecule has 6 nitrogen and oxygen atoms in total. The van der Waals surface area contributed by atoms with Crippen molar-refractivity contribution in [2.45, 2.75) is 13.3 Å². The number of aryl methyl sites for hydroxylation is 1.